The molecule has 1 aromatic heterocycles. The van der Waals surface area contributed by atoms with Crippen molar-refractivity contribution in [2.45, 2.75) is 71.6 Å². The van der Waals surface area contributed by atoms with E-state index in [9.17, 15) is 19.2 Å². The molecular formula is C25H37N5O5. The standard InChI is InChI=1S/C25H37N5O5/c1-6-14(4)21(24(33)28-15(5)25(34)35)30-23(32)20(13(2)3)29-22(31)18(26)11-16-12-27-19-10-8-7-9-17(16)19/h7-10,12-15,18,20-21,27H,6,11,26H2,1-5H3,(H,28,33)(H,29,31)(H,30,32)(H,34,35). The number of para-hydroxylation sites is 1. The number of rotatable bonds is 12. The molecule has 0 saturated heterocycles. The van der Waals surface area contributed by atoms with Crippen molar-refractivity contribution >= 4 is 34.6 Å². The van der Waals surface area contributed by atoms with Gasteiger partial charge in [-0.3, -0.25) is 19.2 Å². The largest absolute Gasteiger partial charge is 0.480 e. The van der Waals surface area contributed by atoms with E-state index in [2.05, 4.69) is 20.9 Å². The van der Waals surface area contributed by atoms with Crippen LogP contribution in [-0.4, -0.2) is 57.9 Å². The number of fused-ring (bicyclic) bond motifs is 1. The lowest BCUT2D eigenvalue weighted by atomic mass is 9.96. The molecule has 0 spiro atoms. The van der Waals surface area contributed by atoms with Crippen LogP contribution in [-0.2, 0) is 25.6 Å². The second kappa shape index (κ2) is 12.3. The summed E-state index contributed by atoms with van der Waals surface area (Å²) in [4.78, 5) is 53.0. The van der Waals surface area contributed by atoms with Crippen molar-refractivity contribution in [3.8, 4) is 0 Å². The minimum absolute atomic E-state index is 0.257. The number of amides is 3. The summed E-state index contributed by atoms with van der Waals surface area (Å²) >= 11 is 0. The van der Waals surface area contributed by atoms with Gasteiger partial charge in [0.15, 0.2) is 0 Å². The molecule has 192 valence electrons. The molecule has 1 heterocycles. The Morgan fingerprint density at radius 2 is 1.54 bits per heavy atom. The third kappa shape index (κ3) is 7.29. The predicted molar refractivity (Wildman–Crippen MR) is 133 cm³/mol. The maximum absolute atomic E-state index is 13.1. The van der Waals surface area contributed by atoms with E-state index in [0.717, 1.165) is 16.5 Å². The monoisotopic (exact) mass is 487 g/mol. The SMILES string of the molecule is CCC(C)C(NC(=O)C(NC(=O)C(N)Cc1c[nH]c2ccccc12)C(C)C)C(=O)NC(C)C(=O)O. The van der Waals surface area contributed by atoms with Gasteiger partial charge in [0.05, 0.1) is 6.04 Å². The van der Waals surface area contributed by atoms with Gasteiger partial charge in [0, 0.05) is 17.1 Å². The average Bonchev–Trinajstić information content (AvgIpc) is 3.22. The van der Waals surface area contributed by atoms with Crippen molar-refractivity contribution in [1.29, 1.82) is 0 Å². The van der Waals surface area contributed by atoms with E-state index in [1.807, 2.05) is 37.4 Å². The Morgan fingerprint density at radius 3 is 2.14 bits per heavy atom. The minimum Gasteiger partial charge on any atom is -0.480 e. The molecule has 10 heteroatoms. The number of hydrogen-bond acceptors (Lipinski definition) is 5. The summed E-state index contributed by atoms with van der Waals surface area (Å²) in [6, 6.07) is 3.84. The van der Waals surface area contributed by atoms with E-state index in [1.165, 1.54) is 6.92 Å². The maximum atomic E-state index is 13.1. The first kappa shape index (κ1) is 27.8. The first-order valence-corrected chi connectivity index (χ1v) is 11.9. The van der Waals surface area contributed by atoms with Crippen LogP contribution in [0.25, 0.3) is 10.9 Å². The number of nitrogens with one attached hydrogen (secondary N) is 4. The number of aromatic amines is 1. The Bertz CT molecular complexity index is 1050. The summed E-state index contributed by atoms with van der Waals surface area (Å²) in [5, 5.41) is 17.9. The Kier molecular flexibility index (Phi) is 9.82. The van der Waals surface area contributed by atoms with Gasteiger partial charge in [-0.1, -0.05) is 52.3 Å². The van der Waals surface area contributed by atoms with E-state index in [4.69, 9.17) is 10.8 Å². The Hall–Kier alpha value is -3.40. The Labute approximate surface area is 205 Å². The molecule has 3 amide bonds. The van der Waals surface area contributed by atoms with Crippen LogP contribution in [0.2, 0.25) is 0 Å². The molecule has 0 saturated carbocycles. The number of H-pyrrole nitrogens is 1. The summed E-state index contributed by atoms with van der Waals surface area (Å²) < 4.78 is 0. The topological polar surface area (TPSA) is 166 Å². The molecule has 5 unspecified atom stereocenters. The zero-order valence-corrected chi connectivity index (χ0v) is 20.9. The summed E-state index contributed by atoms with van der Waals surface area (Å²) in [6.45, 7) is 8.56. The van der Waals surface area contributed by atoms with Crippen LogP contribution in [0.3, 0.4) is 0 Å². The third-order valence-corrected chi connectivity index (χ3v) is 6.22. The smallest absolute Gasteiger partial charge is 0.325 e. The van der Waals surface area contributed by atoms with Crippen LogP contribution in [0.4, 0.5) is 0 Å². The van der Waals surface area contributed by atoms with E-state index >= 15 is 0 Å². The summed E-state index contributed by atoms with van der Waals surface area (Å²) in [5.41, 5.74) is 8.02. The second-order valence-corrected chi connectivity index (χ2v) is 9.34. The van der Waals surface area contributed by atoms with Gasteiger partial charge in [-0.25, -0.2) is 0 Å². The van der Waals surface area contributed by atoms with Gasteiger partial charge in [0.25, 0.3) is 0 Å². The number of aliphatic carboxylic acids is 1. The van der Waals surface area contributed by atoms with E-state index in [-0.39, 0.29) is 18.3 Å². The van der Waals surface area contributed by atoms with Crippen LogP contribution in [0.1, 0.15) is 46.6 Å². The predicted octanol–water partition coefficient (Wildman–Crippen LogP) is 1.30. The molecule has 35 heavy (non-hydrogen) atoms. The summed E-state index contributed by atoms with van der Waals surface area (Å²) in [7, 11) is 0. The highest BCUT2D eigenvalue weighted by Gasteiger charge is 2.33. The number of carbonyl (C=O) groups is 4. The van der Waals surface area contributed by atoms with Crippen LogP contribution < -0.4 is 21.7 Å². The van der Waals surface area contributed by atoms with Gasteiger partial charge in [0.2, 0.25) is 17.7 Å². The lowest BCUT2D eigenvalue weighted by Crippen LogP contribution is -2.59. The van der Waals surface area contributed by atoms with Crippen LogP contribution >= 0.6 is 0 Å². The lowest BCUT2D eigenvalue weighted by Gasteiger charge is -2.29. The fourth-order valence-electron chi connectivity index (χ4n) is 3.74. The molecule has 5 atom stereocenters. The van der Waals surface area contributed by atoms with Gasteiger partial charge in [-0.15, -0.1) is 0 Å². The van der Waals surface area contributed by atoms with Crippen LogP contribution in [0.5, 0.6) is 0 Å². The fraction of sp³-hybridized carbons (Fsp3) is 0.520. The van der Waals surface area contributed by atoms with Gasteiger partial charge in [-0.05, 0) is 36.8 Å². The normalized spacial score (nSPS) is 15.6. The highest BCUT2D eigenvalue weighted by molar-refractivity contribution is 5.94. The molecule has 0 bridgehead atoms. The minimum atomic E-state index is -1.18. The quantitative estimate of drug-likeness (QED) is 0.264. The van der Waals surface area contributed by atoms with E-state index < -0.39 is 47.9 Å². The van der Waals surface area contributed by atoms with Crippen molar-refractivity contribution in [2.24, 2.45) is 17.6 Å². The van der Waals surface area contributed by atoms with Crippen LogP contribution in [0.15, 0.2) is 30.5 Å². The molecule has 7 N–H and O–H groups in total. The molecule has 1 aromatic carbocycles. The van der Waals surface area contributed by atoms with Gasteiger partial charge in [0.1, 0.15) is 18.1 Å². The Morgan fingerprint density at radius 1 is 0.943 bits per heavy atom. The van der Waals surface area contributed by atoms with Gasteiger partial charge < -0.3 is 31.8 Å². The first-order valence-electron chi connectivity index (χ1n) is 11.9. The zero-order chi connectivity index (χ0) is 26.3. The van der Waals surface area contributed by atoms with Crippen molar-refractivity contribution in [3.63, 3.8) is 0 Å². The third-order valence-electron chi connectivity index (χ3n) is 6.22. The number of benzene rings is 1. The van der Waals surface area contributed by atoms with Crippen molar-refractivity contribution in [3.05, 3.63) is 36.0 Å². The highest BCUT2D eigenvalue weighted by atomic mass is 16.4. The molecule has 2 aromatic rings. The van der Waals surface area contributed by atoms with Crippen molar-refractivity contribution in [2.75, 3.05) is 0 Å². The number of hydrogen-bond donors (Lipinski definition) is 6. The molecule has 10 nitrogen and oxygen atoms in total. The molecular weight excluding hydrogens is 450 g/mol. The molecule has 0 aliphatic carbocycles. The highest BCUT2D eigenvalue weighted by Crippen LogP contribution is 2.19. The molecule has 0 fully saturated rings. The molecule has 0 aliphatic heterocycles. The lowest BCUT2D eigenvalue weighted by molar-refractivity contribution is -0.142. The number of nitrogens with two attached hydrogens (primary N) is 1. The van der Waals surface area contributed by atoms with E-state index in [0.29, 0.717) is 6.42 Å². The van der Waals surface area contributed by atoms with Gasteiger partial charge >= 0.3 is 5.97 Å². The first-order chi connectivity index (χ1) is 16.5. The maximum Gasteiger partial charge on any atom is 0.325 e. The number of carbonyl (C=O) groups excluding carboxylic acids is 3. The second-order valence-electron chi connectivity index (χ2n) is 9.34. The molecule has 2 rings (SSSR count). The van der Waals surface area contributed by atoms with Crippen LogP contribution in [0, 0.1) is 11.8 Å². The van der Waals surface area contributed by atoms with Crippen molar-refractivity contribution < 1.29 is 24.3 Å². The Balaban J connectivity index is 2.09. The summed E-state index contributed by atoms with van der Waals surface area (Å²) in [6.07, 6.45) is 2.68. The summed E-state index contributed by atoms with van der Waals surface area (Å²) in [5.74, 6) is -3.31. The molecule has 0 radical (unpaired) electrons. The average molecular weight is 488 g/mol. The number of carboxylic acids is 1. The van der Waals surface area contributed by atoms with Gasteiger partial charge in [-0.2, -0.15) is 0 Å². The fourth-order valence-corrected chi connectivity index (χ4v) is 3.74. The number of aromatic nitrogens is 1. The number of carboxylic acid groups (broad SMARTS) is 1. The molecule has 0 aliphatic rings. The van der Waals surface area contributed by atoms with Crippen molar-refractivity contribution in [1.82, 2.24) is 20.9 Å². The zero-order valence-electron chi connectivity index (χ0n) is 20.9. The van der Waals surface area contributed by atoms with E-state index in [1.54, 1.807) is 20.8 Å².